The predicted molar refractivity (Wildman–Crippen MR) is 37.7 cm³/mol. The topological polar surface area (TPSA) is 54.7 Å². The van der Waals surface area contributed by atoms with Gasteiger partial charge in [-0.3, -0.25) is 0 Å². The molecule has 1 heterocycles. The SMILES string of the molecule is C=C(C)c1[nH]cnc1N. The summed E-state index contributed by atoms with van der Waals surface area (Å²) in [4.78, 5) is 6.67. The Morgan fingerprint density at radius 3 is 2.78 bits per heavy atom. The molecule has 0 radical (unpaired) electrons. The van der Waals surface area contributed by atoms with Crippen LogP contribution in [0.2, 0.25) is 0 Å². The number of hydrogen-bond acceptors (Lipinski definition) is 2. The van der Waals surface area contributed by atoms with Gasteiger partial charge in [-0.1, -0.05) is 6.58 Å². The molecule has 0 aromatic carbocycles. The van der Waals surface area contributed by atoms with Crippen molar-refractivity contribution in [2.45, 2.75) is 6.92 Å². The van der Waals surface area contributed by atoms with E-state index in [4.69, 9.17) is 5.73 Å². The third-order valence-electron chi connectivity index (χ3n) is 1.10. The highest BCUT2D eigenvalue weighted by molar-refractivity contribution is 5.66. The Labute approximate surface area is 53.6 Å². The summed E-state index contributed by atoms with van der Waals surface area (Å²) < 4.78 is 0. The third kappa shape index (κ3) is 0.937. The molecule has 0 unspecified atom stereocenters. The van der Waals surface area contributed by atoms with E-state index in [9.17, 15) is 0 Å². The van der Waals surface area contributed by atoms with Gasteiger partial charge in [0.05, 0.1) is 12.0 Å². The van der Waals surface area contributed by atoms with Crippen LogP contribution in [0.25, 0.3) is 5.57 Å². The molecule has 1 aromatic rings. The van der Waals surface area contributed by atoms with Crippen LogP contribution < -0.4 is 5.73 Å². The second-order valence-corrected chi connectivity index (χ2v) is 1.94. The number of nitrogens with zero attached hydrogens (tertiary/aromatic N) is 1. The van der Waals surface area contributed by atoms with E-state index >= 15 is 0 Å². The van der Waals surface area contributed by atoms with E-state index in [-0.39, 0.29) is 0 Å². The molecule has 0 amide bonds. The number of rotatable bonds is 1. The molecule has 3 nitrogen and oxygen atoms in total. The number of anilines is 1. The van der Waals surface area contributed by atoms with Gasteiger partial charge in [0.1, 0.15) is 5.82 Å². The van der Waals surface area contributed by atoms with Crippen LogP contribution in [-0.4, -0.2) is 9.97 Å². The molecule has 0 bridgehead atoms. The molecule has 1 aromatic heterocycles. The highest BCUT2D eigenvalue weighted by atomic mass is 15.0. The van der Waals surface area contributed by atoms with Crippen molar-refractivity contribution in [3.63, 3.8) is 0 Å². The third-order valence-corrected chi connectivity index (χ3v) is 1.10. The second kappa shape index (κ2) is 1.93. The van der Waals surface area contributed by atoms with Crippen LogP contribution in [0, 0.1) is 0 Å². The normalized spacial score (nSPS) is 9.44. The fourth-order valence-electron chi connectivity index (χ4n) is 0.647. The number of H-pyrrole nitrogens is 1. The summed E-state index contributed by atoms with van der Waals surface area (Å²) in [6.07, 6.45) is 1.55. The predicted octanol–water partition coefficient (Wildman–Crippen LogP) is 1.02. The van der Waals surface area contributed by atoms with Gasteiger partial charge in [0.15, 0.2) is 0 Å². The van der Waals surface area contributed by atoms with E-state index in [1.807, 2.05) is 6.92 Å². The Morgan fingerprint density at radius 2 is 2.56 bits per heavy atom. The smallest absolute Gasteiger partial charge is 0.149 e. The minimum absolute atomic E-state index is 0.516. The lowest BCUT2D eigenvalue weighted by molar-refractivity contribution is 1.30. The van der Waals surface area contributed by atoms with E-state index in [0.29, 0.717) is 5.82 Å². The average molecular weight is 123 g/mol. The molecule has 0 aliphatic heterocycles. The monoisotopic (exact) mass is 123 g/mol. The van der Waals surface area contributed by atoms with Crippen molar-refractivity contribution in [2.24, 2.45) is 0 Å². The molecule has 3 heteroatoms. The van der Waals surface area contributed by atoms with Crippen molar-refractivity contribution in [3.05, 3.63) is 18.6 Å². The number of hydrogen-bond donors (Lipinski definition) is 2. The standard InChI is InChI=1S/C6H9N3/c1-4(2)5-6(7)9-3-8-5/h3H,1,7H2,2H3,(H,8,9). The molecule has 9 heavy (non-hydrogen) atoms. The maximum absolute atomic E-state index is 5.44. The molecule has 1 rings (SSSR count). The first-order chi connectivity index (χ1) is 4.22. The first-order valence-corrected chi connectivity index (χ1v) is 2.66. The Hall–Kier alpha value is -1.25. The summed E-state index contributed by atoms with van der Waals surface area (Å²) in [5.74, 6) is 0.516. The van der Waals surface area contributed by atoms with Gasteiger partial charge in [-0.25, -0.2) is 4.98 Å². The van der Waals surface area contributed by atoms with Crippen molar-refractivity contribution < 1.29 is 0 Å². The number of nitrogen functional groups attached to an aromatic ring is 1. The summed E-state index contributed by atoms with van der Waals surface area (Å²) >= 11 is 0. The first-order valence-electron chi connectivity index (χ1n) is 2.66. The van der Waals surface area contributed by atoms with Gasteiger partial charge in [0.2, 0.25) is 0 Å². The van der Waals surface area contributed by atoms with Gasteiger partial charge in [-0.2, -0.15) is 0 Å². The first kappa shape index (κ1) is 5.88. The lowest BCUT2D eigenvalue weighted by Gasteiger charge is -1.92. The van der Waals surface area contributed by atoms with Crippen molar-refractivity contribution in [2.75, 3.05) is 5.73 Å². The van der Waals surface area contributed by atoms with Gasteiger partial charge in [-0.15, -0.1) is 0 Å². The van der Waals surface area contributed by atoms with E-state index in [0.717, 1.165) is 11.3 Å². The molecular formula is C6H9N3. The molecule has 0 aliphatic carbocycles. The highest BCUT2D eigenvalue weighted by Gasteiger charge is 1.98. The maximum atomic E-state index is 5.44. The molecule has 0 atom stereocenters. The quantitative estimate of drug-likeness (QED) is 0.585. The van der Waals surface area contributed by atoms with Gasteiger partial charge in [0.25, 0.3) is 0 Å². The minimum Gasteiger partial charge on any atom is -0.382 e. The van der Waals surface area contributed by atoms with Crippen LogP contribution in [0.5, 0.6) is 0 Å². The number of nitrogens with one attached hydrogen (secondary N) is 1. The Bertz CT molecular complexity index is 224. The molecule has 0 aliphatic rings. The van der Waals surface area contributed by atoms with Crippen molar-refractivity contribution in [1.29, 1.82) is 0 Å². The molecule has 48 valence electrons. The van der Waals surface area contributed by atoms with Crippen molar-refractivity contribution in [1.82, 2.24) is 9.97 Å². The second-order valence-electron chi connectivity index (χ2n) is 1.94. The van der Waals surface area contributed by atoms with Crippen LogP contribution in [-0.2, 0) is 0 Å². The molecule has 0 fully saturated rings. The summed E-state index contributed by atoms with van der Waals surface area (Å²) in [5.41, 5.74) is 7.17. The zero-order valence-electron chi connectivity index (χ0n) is 5.31. The Morgan fingerprint density at radius 1 is 1.89 bits per heavy atom. The van der Waals surface area contributed by atoms with Gasteiger partial charge in [-0.05, 0) is 12.5 Å². The molecule has 0 spiro atoms. The van der Waals surface area contributed by atoms with Gasteiger partial charge in [0, 0.05) is 0 Å². The Balaban J connectivity index is 3.08. The largest absolute Gasteiger partial charge is 0.382 e. The number of aromatic nitrogens is 2. The summed E-state index contributed by atoms with van der Waals surface area (Å²) in [6.45, 7) is 5.59. The Kier molecular flexibility index (Phi) is 1.26. The van der Waals surface area contributed by atoms with E-state index in [2.05, 4.69) is 16.5 Å². The van der Waals surface area contributed by atoms with Gasteiger partial charge >= 0.3 is 0 Å². The number of aromatic amines is 1. The fraction of sp³-hybridized carbons (Fsp3) is 0.167. The van der Waals surface area contributed by atoms with Gasteiger partial charge < -0.3 is 10.7 Å². The van der Waals surface area contributed by atoms with Crippen LogP contribution in [0.4, 0.5) is 5.82 Å². The summed E-state index contributed by atoms with van der Waals surface area (Å²) in [5, 5.41) is 0. The van der Waals surface area contributed by atoms with Crippen LogP contribution in [0.15, 0.2) is 12.9 Å². The van der Waals surface area contributed by atoms with Crippen molar-refractivity contribution in [3.8, 4) is 0 Å². The van der Waals surface area contributed by atoms with Crippen molar-refractivity contribution >= 4 is 11.4 Å². The van der Waals surface area contributed by atoms with E-state index in [1.54, 1.807) is 6.33 Å². The van der Waals surface area contributed by atoms with E-state index in [1.165, 1.54) is 0 Å². The lowest BCUT2D eigenvalue weighted by Crippen LogP contribution is -1.88. The van der Waals surface area contributed by atoms with E-state index < -0.39 is 0 Å². The van der Waals surface area contributed by atoms with Crippen LogP contribution in [0.1, 0.15) is 12.6 Å². The van der Waals surface area contributed by atoms with Crippen LogP contribution in [0.3, 0.4) is 0 Å². The lowest BCUT2D eigenvalue weighted by atomic mass is 10.2. The number of allylic oxidation sites excluding steroid dienone is 1. The van der Waals surface area contributed by atoms with Crippen LogP contribution >= 0.6 is 0 Å². The average Bonchev–Trinajstić information content (AvgIpc) is 2.13. The summed E-state index contributed by atoms with van der Waals surface area (Å²) in [7, 11) is 0. The zero-order valence-corrected chi connectivity index (χ0v) is 5.31. The minimum atomic E-state index is 0.516. The fourth-order valence-corrected chi connectivity index (χ4v) is 0.647. The summed E-state index contributed by atoms with van der Waals surface area (Å²) in [6, 6.07) is 0. The molecular weight excluding hydrogens is 114 g/mol. The molecule has 0 saturated carbocycles. The highest BCUT2D eigenvalue weighted by Crippen LogP contribution is 2.12. The zero-order chi connectivity index (χ0) is 6.85. The maximum Gasteiger partial charge on any atom is 0.149 e. The molecule has 0 saturated heterocycles. The number of imidazole rings is 1. The number of nitrogens with two attached hydrogens (primary N) is 1. The molecule has 3 N–H and O–H groups in total.